The third-order valence-electron chi connectivity index (χ3n) is 3.00. The lowest BCUT2D eigenvalue weighted by Crippen LogP contribution is -2.28. The van der Waals surface area contributed by atoms with Gasteiger partial charge in [-0.05, 0) is 37.1 Å². The Hall–Kier alpha value is -0.730. The molecule has 0 radical (unpaired) electrons. The van der Waals surface area contributed by atoms with Crippen molar-refractivity contribution in [1.82, 2.24) is 0 Å². The lowest BCUT2D eigenvalue weighted by molar-refractivity contribution is 0.239. The van der Waals surface area contributed by atoms with Crippen LogP contribution in [0.2, 0.25) is 5.02 Å². The number of rotatable bonds is 3. The van der Waals surface area contributed by atoms with Gasteiger partial charge in [-0.25, -0.2) is 0 Å². The maximum Gasteiger partial charge on any atom is 0.119 e. The van der Waals surface area contributed by atoms with Crippen molar-refractivity contribution in [2.24, 2.45) is 11.7 Å². The SMILES string of the molecule is N[C@H]1CCC[C@@H]1COc1ccc(Cl)cc1. The topological polar surface area (TPSA) is 35.2 Å². The van der Waals surface area contributed by atoms with Crippen molar-refractivity contribution in [2.75, 3.05) is 6.61 Å². The zero-order valence-corrected chi connectivity index (χ0v) is 9.41. The van der Waals surface area contributed by atoms with Crippen LogP contribution in [0, 0.1) is 5.92 Å². The molecule has 0 saturated heterocycles. The molecule has 0 unspecified atom stereocenters. The summed E-state index contributed by atoms with van der Waals surface area (Å²) in [5.41, 5.74) is 5.97. The molecule has 82 valence electrons. The molecular formula is C12H16ClNO. The molecule has 1 aromatic rings. The summed E-state index contributed by atoms with van der Waals surface area (Å²) in [4.78, 5) is 0. The molecule has 1 aliphatic carbocycles. The van der Waals surface area contributed by atoms with Gasteiger partial charge in [-0.2, -0.15) is 0 Å². The maximum absolute atomic E-state index is 5.97. The second kappa shape index (κ2) is 4.86. The average Bonchev–Trinajstić information content (AvgIpc) is 2.63. The monoisotopic (exact) mass is 225 g/mol. The van der Waals surface area contributed by atoms with E-state index in [1.165, 1.54) is 12.8 Å². The number of nitrogens with two attached hydrogens (primary N) is 1. The van der Waals surface area contributed by atoms with Crippen LogP contribution in [0.1, 0.15) is 19.3 Å². The summed E-state index contributed by atoms with van der Waals surface area (Å²) < 4.78 is 5.68. The van der Waals surface area contributed by atoms with Gasteiger partial charge in [0.05, 0.1) is 6.61 Å². The fourth-order valence-electron chi connectivity index (χ4n) is 2.01. The second-order valence-electron chi connectivity index (χ2n) is 4.12. The van der Waals surface area contributed by atoms with E-state index in [-0.39, 0.29) is 0 Å². The zero-order valence-electron chi connectivity index (χ0n) is 8.66. The first kappa shape index (κ1) is 10.8. The molecular weight excluding hydrogens is 210 g/mol. The molecule has 2 atom stereocenters. The van der Waals surface area contributed by atoms with Gasteiger partial charge in [0.2, 0.25) is 0 Å². The molecule has 0 bridgehead atoms. The molecule has 3 heteroatoms. The van der Waals surface area contributed by atoms with Gasteiger partial charge in [-0.1, -0.05) is 18.0 Å². The van der Waals surface area contributed by atoms with Crippen molar-refractivity contribution in [3.8, 4) is 5.75 Å². The predicted molar refractivity (Wildman–Crippen MR) is 62.3 cm³/mol. The molecule has 0 aromatic heterocycles. The minimum Gasteiger partial charge on any atom is -0.493 e. The summed E-state index contributed by atoms with van der Waals surface area (Å²) in [7, 11) is 0. The molecule has 0 heterocycles. The molecule has 1 fully saturated rings. The van der Waals surface area contributed by atoms with Crippen LogP contribution >= 0.6 is 11.6 Å². The summed E-state index contributed by atoms with van der Waals surface area (Å²) >= 11 is 5.79. The summed E-state index contributed by atoms with van der Waals surface area (Å²) in [6, 6.07) is 7.78. The minimum absolute atomic E-state index is 0.317. The highest BCUT2D eigenvalue weighted by atomic mass is 35.5. The van der Waals surface area contributed by atoms with Crippen molar-refractivity contribution < 1.29 is 4.74 Å². The molecule has 15 heavy (non-hydrogen) atoms. The standard InChI is InChI=1S/C12H16ClNO/c13-10-4-6-11(7-5-10)15-8-9-2-1-3-12(9)14/h4-7,9,12H,1-3,8,14H2/t9-,12+/m1/s1. The van der Waals surface area contributed by atoms with E-state index in [2.05, 4.69) is 0 Å². The fraction of sp³-hybridized carbons (Fsp3) is 0.500. The van der Waals surface area contributed by atoms with Crippen LogP contribution in [-0.4, -0.2) is 12.6 Å². The highest BCUT2D eigenvalue weighted by molar-refractivity contribution is 6.30. The maximum atomic E-state index is 5.97. The number of hydrogen-bond acceptors (Lipinski definition) is 2. The van der Waals surface area contributed by atoms with Gasteiger partial charge in [0.15, 0.2) is 0 Å². The van der Waals surface area contributed by atoms with Crippen LogP contribution in [0.25, 0.3) is 0 Å². The van der Waals surface area contributed by atoms with E-state index in [0.29, 0.717) is 12.0 Å². The van der Waals surface area contributed by atoms with Crippen molar-refractivity contribution in [3.63, 3.8) is 0 Å². The van der Waals surface area contributed by atoms with Crippen LogP contribution in [-0.2, 0) is 0 Å². The lowest BCUT2D eigenvalue weighted by Gasteiger charge is -2.16. The number of benzene rings is 1. The van der Waals surface area contributed by atoms with Crippen LogP contribution in [0.4, 0.5) is 0 Å². The normalized spacial score (nSPS) is 25.5. The Labute approximate surface area is 95.4 Å². The smallest absolute Gasteiger partial charge is 0.119 e. The van der Waals surface area contributed by atoms with Crippen molar-refractivity contribution in [2.45, 2.75) is 25.3 Å². The predicted octanol–water partition coefficient (Wildman–Crippen LogP) is 2.85. The third-order valence-corrected chi connectivity index (χ3v) is 3.25. The summed E-state index contributed by atoms with van der Waals surface area (Å²) in [5.74, 6) is 1.39. The van der Waals surface area contributed by atoms with Gasteiger partial charge in [-0.3, -0.25) is 0 Å². The minimum atomic E-state index is 0.317. The Morgan fingerprint density at radius 1 is 1.27 bits per heavy atom. The quantitative estimate of drug-likeness (QED) is 0.859. The molecule has 1 saturated carbocycles. The number of halogens is 1. The van der Waals surface area contributed by atoms with Gasteiger partial charge >= 0.3 is 0 Å². The summed E-state index contributed by atoms with van der Waals surface area (Å²) in [6.45, 7) is 0.725. The lowest BCUT2D eigenvalue weighted by atomic mass is 10.1. The van der Waals surface area contributed by atoms with Crippen LogP contribution in [0.15, 0.2) is 24.3 Å². The van der Waals surface area contributed by atoms with Crippen molar-refractivity contribution >= 4 is 11.6 Å². The molecule has 0 aliphatic heterocycles. The molecule has 2 rings (SSSR count). The highest BCUT2D eigenvalue weighted by Gasteiger charge is 2.24. The van der Waals surface area contributed by atoms with Crippen LogP contribution in [0.3, 0.4) is 0 Å². The van der Waals surface area contributed by atoms with Gasteiger partial charge in [-0.15, -0.1) is 0 Å². The molecule has 2 nitrogen and oxygen atoms in total. The third kappa shape index (κ3) is 2.86. The van der Waals surface area contributed by atoms with E-state index in [9.17, 15) is 0 Å². The molecule has 0 spiro atoms. The Balaban J connectivity index is 1.85. The Bertz CT molecular complexity index is 312. The fourth-order valence-corrected chi connectivity index (χ4v) is 2.13. The van der Waals surface area contributed by atoms with E-state index in [1.54, 1.807) is 0 Å². The van der Waals surface area contributed by atoms with Gasteiger partial charge in [0.1, 0.15) is 5.75 Å². The van der Waals surface area contributed by atoms with E-state index >= 15 is 0 Å². The second-order valence-corrected chi connectivity index (χ2v) is 4.56. The Morgan fingerprint density at radius 2 is 2.00 bits per heavy atom. The van der Waals surface area contributed by atoms with Crippen molar-refractivity contribution in [3.05, 3.63) is 29.3 Å². The average molecular weight is 226 g/mol. The summed E-state index contributed by atoms with van der Waals surface area (Å²) in [5, 5.41) is 0.736. The van der Waals surface area contributed by atoms with E-state index < -0.39 is 0 Å². The van der Waals surface area contributed by atoms with E-state index in [0.717, 1.165) is 23.8 Å². The van der Waals surface area contributed by atoms with E-state index in [1.807, 2.05) is 24.3 Å². The van der Waals surface area contributed by atoms with Crippen molar-refractivity contribution in [1.29, 1.82) is 0 Å². The highest BCUT2D eigenvalue weighted by Crippen LogP contribution is 2.25. The van der Waals surface area contributed by atoms with Crippen LogP contribution < -0.4 is 10.5 Å². The van der Waals surface area contributed by atoms with Crippen LogP contribution in [0.5, 0.6) is 5.75 Å². The largest absolute Gasteiger partial charge is 0.493 e. The zero-order chi connectivity index (χ0) is 10.7. The molecule has 1 aromatic carbocycles. The summed E-state index contributed by atoms with van der Waals surface area (Å²) in [6.07, 6.45) is 3.55. The molecule has 0 amide bonds. The molecule has 2 N–H and O–H groups in total. The van der Waals surface area contributed by atoms with Gasteiger partial charge < -0.3 is 10.5 Å². The van der Waals surface area contributed by atoms with Gasteiger partial charge in [0, 0.05) is 17.0 Å². The van der Waals surface area contributed by atoms with Gasteiger partial charge in [0.25, 0.3) is 0 Å². The van der Waals surface area contributed by atoms with E-state index in [4.69, 9.17) is 22.1 Å². The first-order valence-electron chi connectivity index (χ1n) is 5.39. The first-order valence-corrected chi connectivity index (χ1v) is 5.77. The Kier molecular flexibility index (Phi) is 3.49. The Morgan fingerprint density at radius 3 is 2.60 bits per heavy atom. The number of hydrogen-bond donors (Lipinski definition) is 1. The first-order chi connectivity index (χ1) is 7.25. The number of ether oxygens (including phenoxy) is 1. The molecule has 1 aliphatic rings.